The molecule has 1 unspecified atom stereocenters. The van der Waals surface area contributed by atoms with Crippen LogP contribution in [-0.2, 0) is 9.84 Å². The Hall–Kier alpha value is -0.0900. The second-order valence-corrected chi connectivity index (χ2v) is 7.13. The van der Waals surface area contributed by atoms with Gasteiger partial charge in [-0.05, 0) is 44.6 Å². The molecule has 1 rings (SSSR count). The van der Waals surface area contributed by atoms with E-state index in [1.54, 1.807) is 0 Å². The van der Waals surface area contributed by atoms with Crippen LogP contribution >= 0.6 is 0 Å². The highest BCUT2D eigenvalue weighted by molar-refractivity contribution is 7.90. The van der Waals surface area contributed by atoms with Gasteiger partial charge in [0.25, 0.3) is 0 Å². The van der Waals surface area contributed by atoms with Crippen molar-refractivity contribution in [2.24, 2.45) is 5.41 Å². The van der Waals surface area contributed by atoms with Crippen molar-refractivity contribution >= 4 is 9.84 Å². The highest BCUT2D eigenvalue weighted by Crippen LogP contribution is 2.52. The average Bonchev–Trinajstić information content (AvgIpc) is 2.84. The van der Waals surface area contributed by atoms with Crippen LogP contribution in [-0.4, -0.2) is 33.0 Å². The Kier molecular flexibility index (Phi) is 4.18. The lowest BCUT2D eigenvalue weighted by Gasteiger charge is -2.23. The molecule has 0 amide bonds. The number of hydrogen-bond acceptors (Lipinski definition) is 3. The fraction of sp³-hybridized carbons (Fsp3) is 1.00. The first-order valence-corrected chi connectivity index (χ1v) is 7.87. The second kappa shape index (κ2) is 4.83. The summed E-state index contributed by atoms with van der Waals surface area (Å²) in [4.78, 5) is 0. The molecule has 15 heavy (non-hydrogen) atoms. The lowest BCUT2D eigenvalue weighted by molar-refractivity contribution is 0.333. The molecule has 0 bridgehead atoms. The van der Waals surface area contributed by atoms with Crippen molar-refractivity contribution < 1.29 is 8.42 Å². The van der Waals surface area contributed by atoms with Gasteiger partial charge in [0.05, 0.1) is 0 Å². The molecule has 4 heteroatoms. The molecule has 0 aromatic carbocycles. The number of rotatable bonds is 7. The lowest BCUT2D eigenvalue weighted by atomic mass is 9.92. The summed E-state index contributed by atoms with van der Waals surface area (Å²) in [6.45, 7) is 5.33. The molecule has 3 nitrogen and oxygen atoms in total. The van der Waals surface area contributed by atoms with Crippen molar-refractivity contribution in [2.75, 3.05) is 18.6 Å². The third-order valence-electron chi connectivity index (χ3n) is 3.51. The van der Waals surface area contributed by atoms with Gasteiger partial charge >= 0.3 is 0 Å². The summed E-state index contributed by atoms with van der Waals surface area (Å²) in [7, 11) is -2.78. The molecule has 1 N–H and O–H groups in total. The number of nitrogens with one attached hydrogen (secondary N) is 1. The first kappa shape index (κ1) is 13.0. The van der Waals surface area contributed by atoms with Crippen molar-refractivity contribution in [3.05, 3.63) is 0 Å². The molecule has 0 radical (unpaired) electrons. The Labute approximate surface area is 93.6 Å². The second-order valence-electron chi connectivity index (χ2n) is 4.88. The molecule has 0 aromatic rings. The van der Waals surface area contributed by atoms with E-state index in [2.05, 4.69) is 19.2 Å². The van der Waals surface area contributed by atoms with Crippen molar-refractivity contribution in [3.63, 3.8) is 0 Å². The van der Waals surface area contributed by atoms with Crippen molar-refractivity contribution in [1.29, 1.82) is 0 Å². The zero-order valence-electron chi connectivity index (χ0n) is 10.0. The minimum absolute atomic E-state index is 0.341. The van der Waals surface area contributed by atoms with Crippen LogP contribution in [0.15, 0.2) is 0 Å². The van der Waals surface area contributed by atoms with E-state index in [4.69, 9.17) is 0 Å². The van der Waals surface area contributed by atoms with E-state index in [9.17, 15) is 8.42 Å². The van der Waals surface area contributed by atoms with Gasteiger partial charge < -0.3 is 5.32 Å². The predicted molar refractivity (Wildman–Crippen MR) is 63.8 cm³/mol. The number of sulfone groups is 1. The standard InChI is InChI=1S/C11H23NO2S/c1-4-12-10(2)11(7-8-11)6-5-9-15(3,13)14/h10,12H,4-9H2,1-3H3. The molecule has 0 aromatic heterocycles. The molecular weight excluding hydrogens is 210 g/mol. The van der Waals surface area contributed by atoms with Crippen LogP contribution in [0.25, 0.3) is 0 Å². The Bertz CT molecular complexity index is 294. The highest BCUT2D eigenvalue weighted by Gasteiger charge is 2.46. The largest absolute Gasteiger partial charge is 0.314 e. The van der Waals surface area contributed by atoms with Gasteiger partial charge in [-0.25, -0.2) is 8.42 Å². The van der Waals surface area contributed by atoms with E-state index in [0.717, 1.165) is 19.4 Å². The van der Waals surface area contributed by atoms with Gasteiger partial charge in [-0.1, -0.05) is 6.92 Å². The van der Waals surface area contributed by atoms with E-state index in [-0.39, 0.29) is 0 Å². The highest BCUT2D eigenvalue weighted by atomic mass is 32.2. The third-order valence-corrected chi connectivity index (χ3v) is 4.54. The van der Waals surface area contributed by atoms with Crippen LogP contribution in [0.3, 0.4) is 0 Å². The SMILES string of the molecule is CCNC(C)C1(CCCS(C)(=O)=O)CC1. The molecule has 0 saturated heterocycles. The van der Waals surface area contributed by atoms with Crippen LogP contribution in [0, 0.1) is 5.41 Å². The quantitative estimate of drug-likeness (QED) is 0.726. The Morgan fingerprint density at radius 2 is 2.00 bits per heavy atom. The maximum atomic E-state index is 11.0. The van der Waals surface area contributed by atoms with E-state index >= 15 is 0 Å². The maximum Gasteiger partial charge on any atom is 0.147 e. The normalized spacial score (nSPS) is 21.3. The lowest BCUT2D eigenvalue weighted by Crippen LogP contribution is -2.34. The molecule has 1 aliphatic rings. The average molecular weight is 233 g/mol. The molecule has 0 aliphatic heterocycles. The van der Waals surface area contributed by atoms with Crippen LogP contribution in [0.2, 0.25) is 0 Å². The van der Waals surface area contributed by atoms with Crippen LogP contribution in [0.1, 0.15) is 39.5 Å². The number of hydrogen-bond donors (Lipinski definition) is 1. The fourth-order valence-corrected chi connectivity index (χ4v) is 2.94. The third kappa shape index (κ3) is 4.11. The summed E-state index contributed by atoms with van der Waals surface area (Å²) in [5.41, 5.74) is 0.403. The summed E-state index contributed by atoms with van der Waals surface area (Å²) in [6, 6.07) is 0.530. The molecular formula is C11H23NO2S. The monoisotopic (exact) mass is 233 g/mol. The molecule has 1 fully saturated rings. The first-order chi connectivity index (χ1) is 6.90. The van der Waals surface area contributed by atoms with Gasteiger partial charge in [0.2, 0.25) is 0 Å². The maximum absolute atomic E-state index is 11.0. The Morgan fingerprint density at radius 3 is 2.40 bits per heavy atom. The summed E-state index contributed by atoms with van der Waals surface area (Å²) < 4.78 is 22.0. The fourth-order valence-electron chi connectivity index (χ4n) is 2.27. The van der Waals surface area contributed by atoms with E-state index < -0.39 is 9.84 Å². The van der Waals surface area contributed by atoms with Gasteiger partial charge in [-0.3, -0.25) is 0 Å². The summed E-state index contributed by atoms with van der Waals surface area (Å²) in [5, 5.41) is 3.45. The van der Waals surface area contributed by atoms with Crippen molar-refractivity contribution in [2.45, 2.75) is 45.6 Å². The molecule has 90 valence electrons. The van der Waals surface area contributed by atoms with Crippen LogP contribution in [0.5, 0.6) is 0 Å². The predicted octanol–water partition coefficient (Wildman–Crippen LogP) is 1.59. The van der Waals surface area contributed by atoms with Crippen molar-refractivity contribution in [1.82, 2.24) is 5.32 Å². The molecule has 1 atom stereocenters. The van der Waals surface area contributed by atoms with Gasteiger partial charge in [0.15, 0.2) is 0 Å². The van der Waals surface area contributed by atoms with E-state index in [0.29, 0.717) is 17.2 Å². The molecule has 1 aliphatic carbocycles. The smallest absolute Gasteiger partial charge is 0.147 e. The zero-order chi connectivity index (χ0) is 11.5. The first-order valence-electron chi connectivity index (χ1n) is 5.81. The van der Waals surface area contributed by atoms with Gasteiger partial charge in [0, 0.05) is 18.1 Å². The summed E-state index contributed by atoms with van der Waals surface area (Å²) in [6.07, 6.45) is 5.69. The molecule has 0 heterocycles. The zero-order valence-corrected chi connectivity index (χ0v) is 10.9. The molecule has 0 spiro atoms. The minimum Gasteiger partial charge on any atom is -0.314 e. The van der Waals surface area contributed by atoms with E-state index in [1.807, 2.05) is 0 Å². The van der Waals surface area contributed by atoms with Gasteiger partial charge in [-0.2, -0.15) is 0 Å². The van der Waals surface area contributed by atoms with Crippen molar-refractivity contribution in [3.8, 4) is 0 Å². The minimum atomic E-state index is -2.78. The van der Waals surface area contributed by atoms with Crippen LogP contribution < -0.4 is 5.32 Å². The topological polar surface area (TPSA) is 46.2 Å². The Morgan fingerprint density at radius 1 is 1.40 bits per heavy atom. The van der Waals surface area contributed by atoms with E-state index in [1.165, 1.54) is 19.1 Å². The Balaban J connectivity index is 2.32. The summed E-state index contributed by atoms with van der Waals surface area (Å²) in [5.74, 6) is 0.341. The van der Waals surface area contributed by atoms with Crippen LogP contribution in [0.4, 0.5) is 0 Å². The van der Waals surface area contributed by atoms with Gasteiger partial charge in [0.1, 0.15) is 9.84 Å². The van der Waals surface area contributed by atoms with Gasteiger partial charge in [-0.15, -0.1) is 0 Å². The summed E-state index contributed by atoms with van der Waals surface area (Å²) >= 11 is 0. The molecule has 1 saturated carbocycles.